The summed E-state index contributed by atoms with van der Waals surface area (Å²) < 4.78 is 11.0. The highest BCUT2D eigenvalue weighted by atomic mass is 35.5. The minimum Gasteiger partial charge on any atom is -0.507 e. The molecular weight excluding hydrogens is 551 g/mol. The number of ether oxygens (including phenoxy) is 2. The van der Waals surface area contributed by atoms with Gasteiger partial charge >= 0.3 is 11.9 Å². The van der Waals surface area contributed by atoms with Gasteiger partial charge in [-0.25, -0.2) is 0 Å². The van der Waals surface area contributed by atoms with Crippen LogP contribution >= 0.6 is 23.2 Å². The van der Waals surface area contributed by atoms with Crippen LogP contribution in [0.1, 0.15) is 60.3 Å². The number of hydrogen-bond donors (Lipinski definition) is 1. The second-order valence-corrected chi connectivity index (χ2v) is 11.0. The van der Waals surface area contributed by atoms with Crippen LogP contribution in [0.3, 0.4) is 0 Å². The Labute approximate surface area is 243 Å². The van der Waals surface area contributed by atoms with Crippen molar-refractivity contribution in [2.24, 2.45) is 5.41 Å². The average molecular weight is 579 g/mol. The first-order valence-corrected chi connectivity index (χ1v) is 13.5. The number of hydrogen-bond acceptors (Lipinski definition) is 6. The monoisotopic (exact) mass is 578 g/mol. The van der Waals surface area contributed by atoms with E-state index < -0.39 is 29.6 Å². The average Bonchev–Trinajstić information content (AvgIpc) is 3.31. The zero-order chi connectivity index (χ0) is 29.2. The first-order chi connectivity index (χ1) is 19.0. The fourth-order valence-electron chi connectivity index (χ4n) is 4.83. The Morgan fingerprint density at radius 1 is 0.875 bits per heavy atom. The van der Waals surface area contributed by atoms with Gasteiger partial charge in [0.25, 0.3) is 0 Å². The predicted molar refractivity (Wildman–Crippen MR) is 154 cm³/mol. The molecule has 3 aromatic carbocycles. The molecule has 0 aromatic heterocycles. The number of phenols is 1. The maximum atomic E-state index is 13.5. The molecule has 3 aromatic rings. The lowest BCUT2D eigenvalue weighted by Crippen LogP contribution is -2.44. The fraction of sp³-hybridized carbons (Fsp3) is 0.281. The highest BCUT2D eigenvalue weighted by Gasteiger charge is 2.55. The summed E-state index contributed by atoms with van der Waals surface area (Å²) in [5.74, 6) is 4.28. The Morgan fingerprint density at radius 2 is 1.43 bits per heavy atom. The van der Waals surface area contributed by atoms with Gasteiger partial charge in [0, 0.05) is 45.7 Å². The van der Waals surface area contributed by atoms with Crippen molar-refractivity contribution in [3.05, 3.63) is 86.4 Å². The largest absolute Gasteiger partial charge is 0.507 e. The molecular formula is C32H28Cl2O6. The molecule has 4 rings (SSSR count). The molecule has 1 aliphatic carbocycles. The van der Waals surface area contributed by atoms with Crippen molar-refractivity contribution in [3.8, 4) is 28.7 Å². The first-order valence-electron chi connectivity index (χ1n) is 12.8. The van der Waals surface area contributed by atoms with Gasteiger partial charge in [0.15, 0.2) is 11.7 Å². The number of halogens is 2. The van der Waals surface area contributed by atoms with Crippen LogP contribution in [0.5, 0.6) is 5.75 Å². The lowest BCUT2D eigenvalue weighted by Gasteiger charge is -2.26. The Bertz CT molecular complexity index is 1540. The molecule has 6 nitrogen and oxygen atoms in total. The Balaban J connectivity index is 2.06. The molecule has 0 atom stereocenters. The summed E-state index contributed by atoms with van der Waals surface area (Å²) in [4.78, 5) is 39.5. The molecule has 0 heterocycles. The Kier molecular flexibility index (Phi) is 8.58. The maximum Gasteiger partial charge on any atom is 0.324 e. The van der Waals surface area contributed by atoms with Crippen LogP contribution in [0.4, 0.5) is 0 Å². The molecule has 40 heavy (non-hydrogen) atoms. The van der Waals surface area contributed by atoms with Crippen molar-refractivity contribution in [1.29, 1.82) is 0 Å². The van der Waals surface area contributed by atoms with E-state index in [4.69, 9.17) is 32.7 Å². The van der Waals surface area contributed by atoms with Gasteiger partial charge in [-0.05, 0) is 51.5 Å². The summed E-state index contributed by atoms with van der Waals surface area (Å²) in [7, 11) is 0. The van der Waals surface area contributed by atoms with E-state index in [1.807, 2.05) is 0 Å². The minimum absolute atomic E-state index is 0.0550. The van der Waals surface area contributed by atoms with Crippen molar-refractivity contribution in [2.75, 3.05) is 0 Å². The van der Waals surface area contributed by atoms with Gasteiger partial charge in [-0.15, -0.1) is 0 Å². The molecule has 0 saturated heterocycles. The number of rotatable bonds is 6. The molecule has 0 fully saturated rings. The summed E-state index contributed by atoms with van der Waals surface area (Å²) in [5.41, 5.74) is 0.476. The zero-order valence-electron chi connectivity index (χ0n) is 22.5. The van der Waals surface area contributed by atoms with E-state index in [9.17, 15) is 19.5 Å². The van der Waals surface area contributed by atoms with Gasteiger partial charge < -0.3 is 14.6 Å². The van der Waals surface area contributed by atoms with Crippen LogP contribution in [-0.2, 0) is 31.9 Å². The molecule has 1 N–H and O–H groups in total. The molecule has 0 unspecified atom stereocenters. The molecule has 0 radical (unpaired) electrons. The topological polar surface area (TPSA) is 89.9 Å². The van der Waals surface area contributed by atoms with E-state index >= 15 is 0 Å². The summed E-state index contributed by atoms with van der Waals surface area (Å²) in [6.45, 7) is 6.72. The number of fused-ring (bicyclic) bond motifs is 1. The van der Waals surface area contributed by atoms with Gasteiger partial charge in [0.1, 0.15) is 5.75 Å². The van der Waals surface area contributed by atoms with E-state index in [-0.39, 0.29) is 29.7 Å². The van der Waals surface area contributed by atoms with E-state index in [0.717, 1.165) is 0 Å². The van der Waals surface area contributed by atoms with Crippen molar-refractivity contribution < 1.29 is 29.0 Å². The second-order valence-electron chi connectivity index (χ2n) is 10.1. The van der Waals surface area contributed by atoms with E-state index in [1.165, 1.54) is 0 Å². The van der Waals surface area contributed by atoms with Gasteiger partial charge in [0.2, 0.25) is 0 Å². The number of carbonyl (C=O) groups is 3. The molecule has 0 amide bonds. The van der Waals surface area contributed by atoms with Gasteiger partial charge in [-0.3, -0.25) is 14.4 Å². The van der Waals surface area contributed by atoms with E-state index in [2.05, 4.69) is 11.8 Å². The smallest absolute Gasteiger partial charge is 0.324 e. The lowest BCUT2D eigenvalue weighted by molar-refractivity contribution is -0.176. The van der Waals surface area contributed by atoms with Crippen LogP contribution in [0, 0.1) is 17.3 Å². The molecule has 0 bridgehead atoms. The van der Waals surface area contributed by atoms with E-state index in [1.54, 1.807) is 76.2 Å². The standard InChI is InChI=1S/C32H28Cl2O6/c1-18(2)39-30(37)32(31(38)40-19(3)4)15-23-21(14-13-20-9-5-7-11-26(20)33)28(22-10-6-8-12-27(22)34)25(17-35)29(36)24(23)16-32/h5-12,17-19,36H,15-16H2,1-4H3. The van der Waals surface area contributed by atoms with Crippen LogP contribution in [0.15, 0.2) is 48.5 Å². The molecule has 8 heteroatoms. The normalized spacial score (nSPS) is 13.4. The summed E-state index contributed by atoms with van der Waals surface area (Å²) in [5, 5.41) is 12.2. The second kappa shape index (κ2) is 11.8. The van der Waals surface area contributed by atoms with Crippen LogP contribution in [0.25, 0.3) is 11.1 Å². The molecule has 0 aliphatic heterocycles. The summed E-state index contributed by atoms with van der Waals surface area (Å²) >= 11 is 12.9. The number of aromatic hydroxyl groups is 1. The highest BCUT2D eigenvalue weighted by molar-refractivity contribution is 6.33. The van der Waals surface area contributed by atoms with Crippen molar-refractivity contribution in [1.82, 2.24) is 0 Å². The number of benzene rings is 3. The molecule has 1 aliphatic rings. The maximum absolute atomic E-state index is 13.5. The summed E-state index contributed by atoms with van der Waals surface area (Å²) in [6.07, 6.45) is -0.867. The molecule has 0 saturated carbocycles. The Hall–Kier alpha value is -3.79. The molecule has 0 spiro atoms. The van der Waals surface area contributed by atoms with E-state index in [0.29, 0.717) is 44.1 Å². The fourth-order valence-corrected chi connectivity index (χ4v) is 5.24. The van der Waals surface area contributed by atoms with Crippen molar-refractivity contribution >= 4 is 41.4 Å². The van der Waals surface area contributed by atoms with Crippen molar-refractivity contribution in [3.63, 3.8) is 0 Å². The third-order valence-electron chi connectivity index (χ3n) is 6.61. The number of aldehydes is 1. The number of esters is 2. The Morgan fingerprint density at radius 3 is 1.98 bits per heavy atom. The van der Waals surface area contributed by atoms with Gasteiger partial charge in [-0.2, -0.15) is 0 Å². The highest BCUT2D eigenvalue weighted by Crippen LogP contribution is 2.49. The SMILES string of the molecule is CC(C)OC(=O)C1(C(=O)OC(C)C)Cc2c(O)c(C=O)c(-c3ccccc3Cl)c(C#Cc3ccccc3Cl)c2C1. The third kappa shape index (κ3) is 5.45. The zero-order valence-corrected chi connectivity index (χ0v) is 24.0. The van der Waals surface area contributed by atoms with Crippen LogP contribution in [-0.4, -0.2) is 35.5 Å². The molecule has 206 valence electrons. The summed E-state index contributed by atoms with van der Waals surface area (Å²) in [6, 6.07) is 13.9. The quantitative estimate of drug-likeness (QED) is 0.154. The van der Waals surface area contributed by atoms with Crippen LogP contribution < -0.4 is 0 Å². The van der Waals surface area contributed by atoms with Crippen LogP contribution in [0.2, 0.25) is 10.0 Å². The number of carbonyl (C=O) groups excluding carboxylic acids is 3. The van der Waals surface area contributed by atoms with Gasteiger partial charge in [-0.1, -0.05) is 65.4 Å². The first kappa shape index (κ1) is 29.2. The lowest BCUT2D eigenvalue weighted by atomic mass is 9.84. The number of phenolic OH excluding ortho intramolecular Hbond substituents is 1. The third-order valence-corrected chi connectivity index (χ3v) is 7.27. The van der Waals surface area contributed by atoms with Crippen molar-refractivity contribution in [2.45, 2.75) is 52.7 Å². The predicted octanol–water partition coefficient (Wildman–Crippen LogP) is 6.57. The minimum atomic E-state index is -1.78. The van der Waals surface area contributed by atoms with Gasteiger partial charge in [0.05, 0.1) is 22.8 Å².